The van der Waals surface area contributed by atoms with Crippen molar-refractivity contribution in [1.82, 2.24) is 10.6 Å². The monoisotopic (exact) mass is 232 g/mol. The van der Waals surface area contributed by atoms with Crippen molar-refractivity contribution in [2.45, 2.75) is 24.6 Å². The van der Waals surface area contributed by atoms with Crippen LogP contribution in [0.5, 0.6) is 0 Å². The number of carbonyl (C=O) groups excluding carboxylic acids is 1. The Balaban J connectivity index is 2.59. The van der Waals surface area contributed by atoms with Crippen LogP contribution in [0.15, 0.2) is 0 Å². The van der Waals surface area contributed by atoms with Gasteiger partial charge in [-0.1, -0.05) is 0 Å². The van der Waals surface area contributed by atoms with Crippen LogP contribution in [0.1, 0.15) is 6.42 Å². The van der Waals surface area contributed by atoms with Gasteiger partial charge in [0, 0.05) is 12.6 Å². The van der Waals surface area contributed by atoms with Crippen molar-refractivity contribution < 1.29 is 26.7 Å². The van der Waals surface area contributed by atoms with Gasteiger partial charge >= 0.3 is 18.0 Å². The molecule has 1 atom stereocenters. The van der Waals surface area contributed by atoms with Gasteiger partial charge in [0.25, 0.3) is 0 Å². The lowest BCUT2D eigenvalue weighted by Crippen LogP contribution is -2.53. The summed E-state index contributed by atoms with van der Waals surface area (Å²) in [4.78, 5) is 10.7. The maximum atomic E-state index is 12.4. The normalized spacial score (nSPS) is 22.9. The molecule has 3 nitrogen and oxygen atoms in total. The first-order chi connectivity index (χ1) is 6.75. The molecule has 1 rings (SSSR count). The maximum absolute atomic E-state index is 12.4. The molecule has 1 aliphatic heterocycles. The zero-order valence-corrected chi connectivity index (χ0v) is 7.50. The molecule has 2 N–H and O–H groups in total. The van der Waals surface area contributed by atoms with E-state index in [2.05, 4.69) is 5.32 Å². The fourth-order valence-electron chi connectivity index (χ4n) is 1.18. The highest BCUT2D eigenvalue weighted by molar-refractivity contribution is 5.84. The van der Waals surface area contributed by atoms with Gasteiger partial charge in [-0.05, 0) is 13.0 Å². The molecule has 0 aromatic rings. The third-order valence-corrected chi connectivity index (χ3v) is 2.04. The van der Waals surface area contributed by atoms with Crippen LogP contribution in [0.4, 0.5) is 22.0 Å². The highest BCUT2D eigenvalue weighted by Gasteiger charge is 2.63. The molecule has 1 amide bonds. The zero-order chi connectivity index (χ0) is 11.7. The number of nitrogens with one attached hydrogen (secondary N) is 2. The SMILES string of the molecule is O=C(N[C@@H]1CCNC1)C(F)(F)C(F)(F)F. The van der Waals surface area contributed by atoms with E-state index in [0.717, 1.165) is 0 Å². The van der Waals surface area contributed by atoms with E-state index in [4.69, 9.17) is 0 Å². The minimum absolute atomic E-state index is 0.208. The highest BCUT2D eigenvalue weighted by Crippen LogP contribution is 2.35. The molecule has 0 unspecified atom stereocenters. The summed E-state index contributed by atoms with van der Waals surface area (Å²) in [6.07, 6.45) is -5.50. The summed E-state index contributed by atoms with van der Waals surface area (Å²) in [5.74, 6) is -7.61. The molecule has 0 spiro atoms. The van der Waals surface area contributed by atoms with E-state index >= 15 is 0 Å². The van der Waals surface area contributed by atoms with Crippen LogP contribution < -0.4 is 10.6 Å². The molecule has 0 aliphatic carbocycles. The molecule has 15 heavy (non-hydrogen) atoms. The third kappa shape index (κ3) is 2.55. The lowest BCUT2D eigenvalue weighted by atomic mass is 10.2. The molecule has 88 valence electrons. The summed E-state index contributed by atoms with van der Waals surface area (Å²) >= 11 is 0. The van der Waals surface area contributed by atoms with Crippen molar-refractivity contribution >= 4 is 5.91 Å². The average molecular weight is 232 g/mol. The van der Waals surface area contributed by atoms with Gasteiger partial charge in [-0.3, -0.25) is 4.79 Å². The van der Waals surface area contributed by atoms with E-state index in [0.29, 0.717) is 13.0 Å². The topological polar surface area (TPSA) is 41.1 Å². The molecule has 1 saturated heterocycles. The second-order valence-corrected chi connectivity index (χ2v) is 3.24. The smallest absolute Gasteiger partial charge is 0.346 e. The molecular weight excluding hydrogens is 223 g/mol. The van der Waals surface area contributed by atoms with E-state index in [1.165, 1.54) is 0 Å². The minimum atomic E-state index is -5.84. The van der Waals surface area contributed by atoms with Crippen molar-refractivity contribution in [2.75, 3.05) is 13.1 Å². The van der Waals surface area contributed by atoms with Gasteiger partial charge in [0.05, 0.1) is 0 Å². The van der Waals surface area contributed by atoms with Gasteiger partial charge in [-0.25, -0.2) is 0 Å². The molecule has 0 aromatic carbocycles. The lowest BCUT2D eigenvalue weighted by molar-refractivity contribution is -0.270. The molecule has 1 fully saturated rings. The van der Waals surface area contributed by atoms with Crippen LogP contribution in [0.3, 0.4) is 0 Å². The molecule has 0 aromatic heterocycles. The van der Waals surface area contributed by atoms with E-state index < -0.39 is 24.0 Å². The van der Waals surface area contributed by atoms with Crippen LogP contribution in [0, 0.1) is 0 Å². The first-order valence-corrected chi connectivity index (χ1v) is 4.21. The fraction of sp³-hybridized carbons (Fsp3) is 0.857. The Labute approximate surface area is 82.0 Å². The van der Waals surface area contributed by atoms with Gasteiger partial charge in [-0.15, -0.1) is 0 Å². The van der Waals surface area contributed by atoms with Crippen molar-refractivity contribution in [1.29, 1.82) is 0 Å². The van der Waals surface area contributed by atoms with Crippen molar-refractivity contribution in [2.24, 2.45) is 0 Å². The van der Waals surface area contributed by atoms with Crippen LogP contribution >= 0.6 is 0 Å². The summed E-state index contributed by atoms with van der Waals surface area (Å²) in [6.45, 7) is 0.697. The van der Waals surface area contributed by atoms with Crippen LogP contribution in [0.25, 0.3) is 0 Å². The molecule has 1 aliphatic rings. The molecule has 0 radical (unpaired) electrons. The summed E-state index contributed by atoms with van der Waals surface area (Å²) in [7, 11) is 0. The van der Waals surface area contributed by atoms with Crippen LogP contribution in [-0.4, -0.2) is 37.1 Å². The predicted octanol–water partition coefficient (Wildman–Crippen LogP) is 0.662. The quantitative estimate of drug-likeness (QED) is 0.687. The first-order valence-electron chi connectivity index (χ1n) is 4.21. The molecule has 0 bridgehead atoms. The van der Waals surface area contributed by atoms with Gasteiger partial charge in [-0.2, -0.15) is 22.0 Å². The number of hydrogen-bond acceptors (Lipinski definition) is 2. The summed E-state index contributed by atoms with van der Waals surface area (Å²) in [5, 5.41) is 4.38. The standard InChI is InChI=1S/C7H9F5N2O/c8-6(9,7(10,11)12)5(15)14-4-1-2-13-3-4/h4,13H,1-3H2,(H,14,15)/t4-/m1/s1. The van der Waals surface area contributed by atoms with Crippen LogP contribution in [-0.2, 0) is 4.79 Å². The summed E-state index contributed by atoms with van der Waals surface area (Å²) in [6, 6.07) is -0.661. The Bertz CT molecular complexity index is 246. The first kappa shape index (κ1) is 12.2. The molecule has 0 saturated carbocycles. The maximum Gasteiger partial charge on any atom is 0.463 e. The van der Waals surface area contributed by atoms with Gasteiger partial charge in [0.2, 0.25) is 0 Å². The molecular formula is C7H9F5N2O. The number of amides is 1. The average Bonchev–Trinajstić information content (AvgIpc) is 2.54. The Morgan fingerprint density at radius 1 is 1.27 bits per heavy atom. The number of hydrogen-bond donors (Lipinski definition) is 2. The fourth-order valence-corrected chi connectivity index (χ4v) is 1.18. The van der Waals surface area contributed by atoms with E-state index in [1.54, 1.807) is 5.32 Å². The largest absolute Gasteiger partial charge is 0.463 e. The molecule has 1 heterocycles. The second kappa shape index (κ2) is 3.92. The Kier molecular flexibility index (Phi) is 3.17. The summed E-state index contributed by atoms with van der Waals surface area (Å²) < 4.78 is 60.0. The van der Waals surface area contributed by atoms with Crippen LogP contribution in [0.2, 0.25) is 0 Å². The second-order valence-electron chi connectivity index (χ2n) is 3.24. The number of rotatable bonds is 2. The highest BCUT2D eigenvalue weighted by atomic mass is 19.4. The van der Waals surface area contributed by atoms with Gasteiger partial charge in [0.1, 0.15) is 0 Å². The lowest BCUT2D eigenvalue weighted by Gasteiger charge is -2.20. The predicted molar refractivity (Wildman–Crippen MR) is 40.4 cm³/mol. The van der Waals surface area contributed by atoms with Crippen molar-refractivity contribution in [3.05, 3.63) is 0 Å². The van der Waals surface area contributed by atoms with E-state index in [9.17, 15) is 26.7 Å². The van der Waals surface area contributed by atoms with E-state index in [-0.39, 0.29) is 6.54 Å². The van der Waals surface area contributed by atoms with Crippen molar-refractivity contribution in [3.63, 3.8) is 0 Å². The summed E-state index contributed by atoms with van der Waals surface area (Å²) in [5.41, 5.74) is 0. The number of alkyl halides is 5. The molecule has 8 heteroatoms. The minimum Gasteiger partial charge on any atom is -0.346 e. The van der Waals surface area contributed by atoms with Gasteiger partial charge in [0.15, 0.2) is 0 Å². The zero-order valence-electron chi connectivity index (χ0n) is 7.50. The van der Waals surface area contributed by atoms with Gasteiger partial charge < -0.3 is 10.6 Å². The Hall–Kier alpha value is -0.920. The van der Waals surface area contributed by atoms with Crippen molar-refractivity contribution in [3.8, 4) is 0 Å². The number of halogens is 5. The van der Waals surface area contributed by atoms with E-state index in [1.807, 2.05) is 0 Å². The Morgan fingerprint density at radius 2 is 1.87 bits per heavy atom. The Morgan fingerprint density at radius 3 is 2.27 bits per heavy atom. The number of carbonyl (C=O) groups is 1. The third-order valence-electron chi connectivity index (χ3n) is 2.04.